The smallest absolute Gasteiger partial charge is 0.410 e. The zero-order chi connectivity index (χ0) is 17.9. The van der Waals surface area contributed by atoms with Crippen molar-refractivity contribution >= 4 is 12.1 Å². The Morgan fingerprint density at radius 3 is 2.52 bits per heavy atom. The van der Waals surface area contributed by atoms with Crippen LogP contribution in [-0.4, -0.2) is 47.7 Å². The lowest BCUT2D eigenvalue weighted by Gasteiger charge is -2.31. The second-order valence-corrected chi connectivity index (χ2v) is 6.46. The molecule has 0 aliphatic carbocycles. The third kappa shape index (κ3) is 7.56. The molecule has 1 heterocycles. The molecule has 1 saturated heterocycles. The van der Waals surface area contributed by atoms with Gasteiger partial charge in [-0.25, -0.2) is 4.79 Å². The molecule has 2 rings (SSSR count). The van der Waals surface area contributed by atoms with Crippen molar-refractivity contribution < 1.29 is 19.4 Å². The fraction of sp³-hybridized carbons (Fsp3) is 0.579. The molecule has 0 radical (unpaired) electrons. The number of ether oxygens (including phenoxy) is 1. The molecule has 1 aliphatic heterocycles. The summed E-state index contributed by atoms with van der Waals surface area (Å²) in [5, 5.41) is 12.1. The van der Waals surface area contributed by atoms with Crippen LogP contribution in [-0.2, 0) is 16.1 Å². The maximum absolute atomic E-state index is 12.1. The van der Waals surface area contributed by atoms with E-state index < -0.39 is 5.97 Å². The predicted molar refractivity (Wildman–Crippen MR) is 95.3 cm³/mol. The third-order valence-electron chi connectivity index (χ3n) is 4.46. The van der Waals surface area contributed by atoms with E-state index in [9.17, 15) is 9.59 Å². The van der Waals surface area contributed by atoms with E-state index in [1.165, 1.54) is 0 Å². The summed E-state index contributed by atoms with van der Waals surface area (Å²) in [6.07, 6.45) is 4.53. The second kappa shape index (κ2) is 10.7. The first-order valence-electron chi connectivity index (χ1n) is 9.06. The normalized spacial score (nSPS) is 15.1. The summed E-state index contributed by atoms with van der Waals surface area (Å²) in [6, 6.07) is 10.1. The number of piperidine rings is 1. The summed E-state index contributed by atoms with van der Waals surface area (Å²) in [5.41, 5.74) is 0.996. The molecule has 0 spiro atoms. The topological polar surface area (TPSA) is 78.9 Å². The van der Waals surface area contributed by atoms with Gasteiger partial charge in [0.15, 0.2) is 0 Å². The SMILES string of the molecule is O=C(O)CCCCCNC1CCN(C(=O)OCc2ccccc2)CC1. The van der Waals surface area contributed by atoms with E-state index in [4.69, 9.17) is 9.84 Å². The van der Waals surface area contributed by atoms with Crippen molar-refractivity contribution in [2.24, 2.45) is 0 Å². The van der Waals surface area contributed by atoms with E-state index in [2.05, 4.69) is 5.32 Å². The lowest BCUT2D eigenvalue weighted by Crippen LogP contribution is -2.45. The minimum absolute atomic E-state index is 0.240. The van der Waals surface area contributed by atoms with Gasteiger partial charge in [-0.05, 0) is 37.8 Å². The summed E-state index contributed by atoms with van der Waals surface area (Å²) in [4.78, 5) is 24.3. The first kappa shape index (κ1) is 19.2. The molecular weight excluding hydrogens is 320 g/mol. The van der Waals surface area contributed by atoms with Gasteiger partial charge in [0.05, 0.1) is 0 Å². The lowest BCUT2D eigenvalue weighted by molar-refractivity contribution is -0.137. The fourth-order valence-corrected chi connectivity index (χ4v) is 2.96. The fourth-order valence-electron chi connectivity index (χ4n) is 2.96. The highest BCUT2D eigenvalue weighted by molar-refractivity contribution is 5.67. The molecule has 2 N–H and O–H groups in total. The van der Waals surface area contributed by atoms with E-state index in [1.807, 2.05) is 30.3 Å². The monoisotopic (exact) mass is 348 g/mol. The van der Waals surface area contributed by atoms with Crippen molar-refractivity contribution in [3.63, 3.8) is 0 Å². The summed E-state index contributed by atoms with van der Waals surface area (Å²) in [6.45, 7) is 2.64. The van der Waals surface area contributed by atoms with Crippen LogP contribution >= 0.6 is 0 Å². The van der Waals surface area contributed by atoms with Gasteiger partial charge in [0.1, 0.15) is 6.61 Å². The van der Waals surface area contributed by atoms with E-state index in [-0.39, 0.29) is 12.5 Å². The van der Waals surface area contributed by atoms with Gasteiger partial charge in [-0.15, -0.1) is 0 Å². The van der Waals surface area contributed by atoms with Crippen molar-refractivity contribution in [1.29, 1.82) is 0 Å². The highest BCUT2D eigenvalue weighted by Crippen LogP contribution is 2.13. The molecule has 6 heteroatoms. The molecule has 0 unspecified atom stereocenters. The Bertz CT molecular complexity index is 527. The van der Waals surface area contributed by atoms with Gasteiger partial charge in [-0.3, -0.25) is 4.79 Å². The molecule has 0 atom stereocenters. The quantitative estimate of drug-likeness (QED) is 0.671. The minimum Gasteiger partial charge on any atom is -0.481 e. The summed E-state index contributed by atoms with van der Waals surface area (Å²) >= 11 is 0. The maximum Gasteiger partial charge on any atom is 0.410 e. The van der Waals surface area contributed by atoms with Crippen LogP contribution in [0.4, 0.5) is 4.79 Å². The standard InChI is InChI=1S/C19H28N2O4/c22-18(23)9-5-2-6-12-20-17-10-13-21(14-11-17)19(24)25-15-16-7-3-1-4-8-16/h1,3-4,7-8,17,20H,2,5-6,9-15H2,(H,22,23). The molecular formula is C19H28N2O4. The molecule has 0 aromatic heterocycles. The number of carboxylic acids is 1. The molecule has 25 heavy (non-hydrogen) atoms. The first-order valence-corrected chi connectivity index (χ1v) is 9.06. The van der Waals surface area contributed by atoms with Crippen LogP contribution in [0, 0.1) is 0 Å². The molecule has 0 bridgehead atoms. The number of unbranched alkanes of at least 4 members (excludes halogenated alkanes) is 2. The van der Waals surface area contributed by atoms with Gasteiger partial charge in [0.2, 0.25) is 0 Å². The van der Waals surface area contributed by atoms with Crippen LogP contribution in [0.5, 0.6) is 0 Å². The molecule has 138 valence electrons. The van der Waals surface area contributed by atoms with Crippen molar-refractivity contribution in [3.8, 4) is 0 Å². The molecule has 1 aromatic carbocycles. The van der Waals surface area contributed by atoms with Crippen LogP contribution in [0.25, 0.3) is 0 Å². The Morgan fingerprint density at radius 1 is 1.12 bits per heavy atom. The Morgan fingerprint density at radius 2 is 1.84 bits per heavy atom. The number of aliphatic carboxylic acids is 1. The van der Waals surface area contributed by atoms with Crippen LogP contribution in [0.1, 0.15) is 44.1 Å². The third-order valence-corrected chi connectivity index (χ3v) is 4.46. The number of hydrogen-bond donors (Lipinski definition) is 2. The highest BCUT2D eigenvalue weighted by Gasteiger charge is 2.23. The van der Waals surface area contributed by atoms with Gasteiger partial charge in [-0.1, -0.05) is 36.8 Å². The molecule has 1 amide bonds. The van der Waals surface area contributed by atoms with Crippen LogP contribution in [0.2, 0.25) is 0 Å². The molecule has 1 fully saturated rings. The summed E-state index contributed by atoms with van der Waals surface area (Å²) in [7, 11) is 0. The Balaban J connectivity index is 1.55. The van der Waals surface area contributed by atoms with Gasteiger partial charge in [-0.2, -0.15) is 0 Å². The molecule has 1 aromatic rings. The number of amides is 1. The van der Waals surface area contributed by atoms with Gasteiger partial charge < -0.3 is 20.1 Å². The maximum atomic E-state index is 12.1. The number of carbonyl (C=O) groups excluding carboxylic acids is 1. The zero-order valence-electron chi connectivity index (χ0n) is 14.7. The minimum atomic E-state index is -0.723. The van der Waals surface area contributed by atoms with Crippen molar-refractivity contribution in [3.05, 3.63) is 35.9 Å². The number of nitrogens with one attached hydrogen (secondary N) is 1. The van der Waals surface area contributed by atoms with E-state index in [0.717, 1.165) is 44.2 Å². The van der Waals surface area contributed by atoms with Crippen LogP contribution in [0.3, 0.4) is 0 Å². The second-order valence-electron chi connectivity index (χ2n) is 6.46. The van der Waals surface area contributed by atoms with Gasteiger partial charge in [0.25, 0.3) is 0 Å². The summed E-state index contributed by atoms with van der Waals surface area (Å²) < 4.78 is 5.37. The molecule has 6 nitrogen and oxygen atoms in total. The number of carbonyl (C=O) groups is 2. The number of benzene rings is 1. The molecule has 0 saturated carbocycles. The first-order chi connectivity index (χ1) is 12.1. The lowest BCUT2D eigenvalue weighted by atomic mass is 10.1. The van der Waals surface area contributed by atoms with Crippen LogP contribution in [0.15, 0.2) is 30.3 Å². The number of nitrogens with zero attached hydrogens (tertiary/aromatic N) is 1. The van der Waals surface area contributed by atoms with Gasteiger partial charge >= 0.3 is 12.1 Å². The average molecular weight is 348 g/mol. The Hall–Kier alpha value is -2.08. The number of carboxylic acid groups (broad SMARTS) is 1. The predicted octanol–water partition coefficient (Wildman–Crippen LogP) is 3.02. The average Bonchev–Trinajstić information content (AvgIpc) is 2.63. The van der Waals surface area contributed by atoms with Crippen LogP contribution < -0.4 is 5.32 Å². The highest BCUT2D eigenvalue weighted by atomic mass is 16.6. The molecule has 1 aliphatic rings. The number of rotatable bonds is 9. The van der Waals surface area contributed by atoms with Crippen molar-refractivity contribution in [2.45, 2.75) is 51.2 Å². The number of likely N-dealkylation sites (tertiary alicyclic amines) is 1. The Labute approximate surface area is 149 Å². The summed E-state index contributed by atoms with van der Waals surface area (Å²) in [5.74, 6) is -0.723. The van der Waals surface area contributed by atoms with Crippen molar-refractivity contribution in [1.82, 2.24) is 10.2 Å². The van der Waals surface area contributed by atoms with Gasteiger partial charge in [0, 0.05) is 25.6 Å². The van der Waals surface area contributed by atoms with E-state index in [1.54, 1.807) is 4.90 Å². The van der Waals surface area contributed by atoms with E-state index in [0.29, 0.717) is 25.7 Å². The largest absolute Gasteiger partial charge is 0.481 e. The zero-order valence-corrected chi connectivity index (χ0v) is 14.7. The van der Waals surface area contributed by atoms with E-state index >= 15 is 0 Å². The van der Waals surface area contributed by atoms with Crippen molar-refractivity contribution in [2.75, 3.05) is 19.6 Å². The number of hydrogen-bond acceptors (Lipinski definition) is 4. The Kier molecular flexibility index (Phi) is 8.25.